The molecular weight excluding hydrogens is 196 g/mol. The van der Waals surface area contributed by atoms with E-state index in [1.807, 2.05) is 0 Å². The summed E-state index contributed by atoms with van der Waals surface area (Å²) in [5, 5.41) is 3.54. The van der Waals surface area contributed by atoms with Crippen molar-refractivity contribution in [2.45, 2.75) is 53.5 Å². The number of hydrogen-bond acceptors (Lipinski definition) is 2. The molecule has 16 heavy (non-hydrogen) atoms. The van der Waals surface area contributed by atoms with Gasteiger partial charge in [0.25, 0.3) is 0 Å². The third kappa shape index (κ3) is 7.24. The maximum atomic E-state index is 3.54. The van der Waals surface area contributed by atoms with Crippen LogP contribution in [0.25, 0.3) is 0 Å². The van der Waals surface area contributed by atoms with Crippen LogP contribution in [0.4, 0.5) is 0 Å². The van der Waals surface area contributed by atoms with E-state index in [-0.39, 0.29) is 0 Å². The Labute approximate surface area is 103 Å². The minimum Gasteiger partial charge on any atom is -0.315 e. The molecule has 0 spiro atoms. The van der Waals surface area contributed by atoms with Crippen molar-refractivity contribution in [1.82, 2.24) is 10.2 Å². The predicted octanol–water partition coefficient (Wildman–Crippen LogP) is 2.99. The Morgan fingerprint density at radius 2 is 1.75 bits per heavy atom. The van der Waals surface area contributed by atoms with Crippen LogP contribution < -0.4 is 5.32 Å². The van der Waals surface area contributed by atoms with Crippen molar-refractivity contribution >= 4 is 0 Å². The molecule has 0 aromatic rings. The Balaban J connectivity index is 3.97. The van der Waals surface area contributed by atoms with Crippen molar-refractivity contribution in [3.8, 4) is 0 Å². The molecule has 0 radical (unpaired) electrons. The first kappa shape index (κ1) is 15.9. The third-order valence-electron chi connectivity index (χ3n) is 3.18. The van der Waals surface area contributed by atoms with Crippen molar-refractivity contribution in [2.75, 3.05) is 26.7 Å². The van der Waals surface area contributed by atoms with E-state index < -0.39 is 0 Å². The molecular formula is C14H32N2. The van der Waals surface area contributed by atoms with Gasteiger partial charge in [-0.1, -0.05) is 34.6 Å². The van der Waals surface area contributed by atoms with Gasteiger partial charge in [0, 0.05) is 12.6 Å². The maximum absolute atomic E-state index is 3.54. The fourth-order valence-electron chi connectivity index (χ4n) is 1.95. The molecule has 1 N–H and O–H groups in total. The summed E-state index contributed by atoms with van der Waals surface area (Å²) in [6.07, 6.45) is 2.52. The second kappa shape index (κ2) is 9.00. The van der Waals surface area contributed by atoms with Crippen molar-refractivity contribution in [3.63, 3.8) is 0 Å². The highest BCUT2D eigenvalue weighted by Gasteiger charge is 2.17. The van der Waals surface area contributed by atoms with Crippen molar-refractivity contribution in [3.05, 3.63) is 0 Å². The van der Waals surface area contributed by atoms with Crippen LogP contribution in [0.1, 0.15) is 47.5 Å². The van der Waals surface area contributed by atoms with Crippen LogP contribution in [-0.4, -0.2) is 37.6 Å². The smallest absolute Gasteiger partial charge is 0.0240 e. The zero-order chi connectivity index (χ0) is 12.6. The number of likely N-dealkylation sites (N-methyl/N-ethyl adjacent to an activating group) is 1. The Morgan fingerprint density at radius 1 is 1.12 bits per heavy atom. The largest absolute Gasteiger partial charge is 0.315 e. The lowest BCUT2D eigenvalue weighted by Gasteiger charge is -2.32. The van der Waals surface area contributed by atoms with Crippen LogP contribution in [0.5, 0.6) is 0 Å². The summed E-state index contributed by atoms with van der Waals surface area (Å²) in [7, 11) is 2.26. The van der Waals surface area contributed by atoms with Crippen molar-refractivity contribution in [1.29, 1.82) is 0 Å². The topological polar surface area (TPSA) is 15.3 Å². The summed E-state index contributed by atoms with van der Waals surface area (Å²) in [5.74, 6) is 1.53. The minimum atomic E-state index is 0.672. The molecule has 0 rings (SSSR count). The van der Waals surface area contributed by atoms with Gasteiger partial charge in [-0.3, -0.25) is 0 Å². The van der Waals surface area contributed by atoms with Gasteiger partial charge < -0.3 is 10.2 Å². The maximum Gasteiger partial charge on any atom is 0.0240 e. The number of hydrogen-bond donors (Lipinski definition) is 1. The second-order valence-corrected chi connectivity index (χ2v) is 5.68. The summed E-state index contributed by atoms with van der Waals surface area (Å²) in [4.78, 5) is 2.52. The molecule has 0 aromatic carbocycles. The molecule has 0 saturated carbocycles. The number of nitrogens with zero attached hydrogens (tertiary/aromatic N) is 1. The SMILES string of the molecule is CCCNCC(C(C)C)N(C)CCC(C)C. The number of nitrogens with one attached hydrogen (secondary N) is 1. The highest BCUT2D eigenvalue weighted by atomic mass is 15.1. The second-order valence-electron chi connectivity index (χ2n) is 5.68. The molecule has 0 aromatic heterocycles. The molecule has 0 bridgehead atoms. The monoisotopic (exact) mass is 228 g/mol. The Morgan fingerprint density at radius 3 is 2.19 bits per heavy atom. The van der Waals surface area contributed by atoms with Gasteiger partial charge in [0.2, 0.25) is 0 Å². The van der Waals surface area contributed by atoms with Crippen LogP contribution in [0, 0.1) is 11.8 Å². The highest BCUT2D eigenvalue weighted by Crippen LogP contribution is 2.10. The minimum absolute atomic E-state index is 0.672. The summed E-state index contributed by atoms with van der Waals surface area (Å²) in [5.41, 5.74) is 0. The van der Waals surface area contributed by atoms with E-state index in [4.69, 9.17) is 0 Å². The molecule has 0 aliphatic rings. The van der Waals surface area contributed by atoms with Gasteiger partial charge in [0.05, 0.1) is 0 Å². The van der Waals surface area contributed by atoms with Crippen molar-refractivity contribution < 1.29 is 0 Å². The van der Waals surface area contributed by atoms with E-state index in [1.54, 1.807) is 0 Å². The van der Waals surface area contributed by atoms with Crippen LogP contribution >= 0.6 is 0 Å². The first-order valence-corrected chi connectivity index (χ1v) is 6.90. The van der Waals surface area contributed by atoms with E-state index in [1.165, 1.54) is 19.4 Å². The average Bonchev–Trinajstić information content (AvgIpc) is 2.20. The molecule has 2 nitrogen and oxygen atoms in total. The molecule has 0 fully saturated rings. The fourth-order valence-corrected chi connectivity index (χ4v) is 1.95. The molecule has 0 aliphatic heterocycles. The van der Waals surface area contributed by atoms with Crippen LogP contribution in [0.2, 0.25) is 0 Å². The van der Waals surface area contributed by atoms with E-state index in [0.29, 0.717) is 6.04 Å². The molecule has 2 heteroatoms. The van der Waals surface area contributed by atoms with Crippen LogP contribution in [-0.2, 0) is 0 Å². The molecule has 0 saturated heterocycles. The van der Waals surface area contributed by atoms with Gasteiger partial charge >= 0.3 is 0 Å². The van der Waals surface area contributed by atoms with Gasteiger partial charge in [-0.05, 0) is 44.8 Å². The van der Waals surface area contributed by atoms with E-state index >= 15 is 0 Å². The highest BCUT2D eigenvalue weighted by molar-refractivity contribution is 4.75. The van der Waals surface area contributed by atoms with E-state index in [9.17, 15) is 0 Å². The fraction of sp³-hybridized carbons (Fsp3) is 1.00. The first-order valence-electron chi connectivity index (χ1n) is 6.90. The van der Waals surface area contributed by atoms with Crippen LogP contribution in [0.15, 0.2) is 0 Å². The predicted molar refractivity (Wildman–Crippen MR) is 73.9 cm³/mol. The van der Waals surface area contributed by atoms with Gasteiger partial charge in [0.15, 0.2) is 0 Å². The summed E-state index contributed by atoms with van der Waals surface area (Å²) in [6.45, 7) is 14.9. The summed E-state index contributed by atoms with van der Waals surface area (Å²) in [6, 6.07) is 0.672. The van der Waals surface area contributed by atoms with Crippen molar-refractivity contribution in [2.24, 2.45) is 11.8 Å². The molecule has 1 unspecified atom stereocenters. The molecule has 0 amide bonds. The van der Waals surface area contributed by atoms with Gasteiger partial charge in [0.1, 0.15) is 0 Å². The molecule has 1 atom stereocenters. The quantitative estimate of drug-likeness (QED) is 0.610. The molecule has 98 valence electrons. The summed E-state index contributed by atoms with van der Waals surface area (Å²) >= 11 is 0. The molecule has 0 aliphatic carbocycles. The Kier molecular flexibility index (Phi) is 8.96. The zero-order valence-electron chi connectivity index (χ0n) is 12.2. The zero-order valence-corrected chi connectivity index (χ0v) is 12.2. The Bertz CT molecular complexity index is 155. The van der Waals surface area contributed by atoms with Crippen LogP contribution in [0.3, 0.4) is 0 Å². The third-order valence-corrected chi connectivity index (χ3v) is 3.18. The van der Waals surface area contributed by atoms with E-state index in [2.05, 4.69) is 51.9 Å². The summed E-state index contributed by atoms with van der Waals surface area (Å²) < 4.78 is 0. The molecule has 0 heterocycles. The van der Waals surface area contributed by atoms with Gasteiger partial charge in [-0.15, -0.1) is 0 Å². The lowest BCUT2D eigenvalue weighted by Crippen LogP contribution is -2.44. The Hall–Kier alpha value is -0.0800. The lowest BCUT2D eigenvalue weighted by atomic mass is 10.0. The average molecular weight is 228 g/mol. The van der Waals surface area contributed by atoms with Gasteiger partial charge in [-0.25, -0.2) is 0 Å². The first-order chi connectivity index (χ1) is 7.49. The normalized spacial score (nSPS) is 14.1. The van der Waals surface area contributed by atoms with Gasteiger partial charge in [-0.2, -0.15) is 0 Å². The standard InChI is InChI=1S/C14H32N2/c1-7-9-15-11-14(13(4)5)16(6)10-8-12(2)3/h12-15H,7-11H2,1-6H3. The van der Waals surface area contributed by atoms with E-state index in [0.717, 1.165) is 24.9 Å². The number of rotatable bonds is 9. The lowest BCUT2D eigenvalue weighted by molar-refractivity contribution is 0.179.